The number of hydrogen-bond acceptors (Lipinski definition) is 1. The summed E-state index contributed by atoms with van der Waals surface area (Å²) in [5.41, 5.74) is 1.28. The van der Waals surface area contributed by atoms with Gasteiger partial charge in [0, 0.05) is 18.1 Å². The van der Waals surface area contributed by atoms with E-state index in [4.69, 9.17) is 11.6 Å². The molecule has 0 aliphatic carbocycles. The molecule has 1 atom stereocenters. The molecule has 0 N–H and O–H groups in total. The standard InChI is InChI=1S/C13H18ClN/c1-11-6-8-15(10-11)9-7-12-4-2-3-5-13(12)14/h2-5,11H,6-10H2,1H3. The van der Waals surface area contributed by atoms with E-state index in [9.17, 15) is 0 Å². The van der Waals surface area contributed by atoms with Crippen molar-refractivity contribution < 1.29 is 0 Å². The third-order valence-corrected chi connectivity index (χ3v) is 3.53. The number of benzene rings is 1. The van der Waals surface area contributed by atoms with Crippen molar-refractivity contribution in [3.8, 4) is 0 Å². The largest absolute Gasteiger partial charge is 0.303 e. The zero-order valence-corrected chi connectivity index (χ0v) is 10.0. The Bertz CT molecular complexity index is 324. The Balaban J connectivity index is 1.86. The van der Waals surface area contributed by atoms with Crippen LogP contribution in [0.3, 0.4) is 0 Å². The number of nitrogens with zero attached hydrogens (tertiary/aromatic N) is 1. The first kappa shape index (κ1) is 11.0. The lowest BCUT2D eigenvalue weighted by atomic mass is 10.1. The van der Waals surface area contributed by atoms with Gasteiger partial charge in [-0.15, -0.1) is 0 Å². The highest BCUT2D eigenvalue weighted by Gasteiger charge is 2.17. The predicted octanol–water partition coefficient (Wildman–Crippen LogP) is 3.22. The van der Waals surface area contributed by atoms with Crippen molar-refractivity contribution in [3.63, 3.8) is 0 Å². The molecule has 1 aromatic carbocycles. The molecule has 1 unspecified atom stereocenters. The first-order valence-corrected chi connectivity index (χ1v) is 6.09. The zero-order chi connectivity index (χ0) is 10.7. The summed E-state index contributed by atoms with van der Waals surface area (Å²) in [6, 6.07) is 8.16. The molecule has 0 bridgehead atoms. The van der Waals surface area contributed by atoms with Gasteiger partial charge in [-0.1, -0.05) is 36.7 Å². The van der Waals surface area contributed by atoms with E-state index in [1.54, 1.807) is 0 Å². The lowest BCUT2D eigenvalue weighted by Gasteiger charge is -2.15. The summed E-state index contributed by atoms with van der Waals surface area (Å²) in [5, 5.41) is 0.907. The van der Waals surface area contributed by atoms with E-state index in [0.29, 0.717) is 0 Å². The Kier molecular flexibility index (Phi) is 3.66. The maximum absolute atomic E-state index is 6.12. The molecule has 1 aliphatic heterocycles. The summed E-state index contributed by atoms with van der Waals surface area (Å²) in [7, 11) is 0. The first-order valence-electron chi connectivity index (χ1n) is 5.71. The van der Waals surface area contributed by atoms with Crippen molar-refractivity contribution in [1.82, 2.24) is 4.90 Å². The van der Waals surface area contributed by atoms with Gasteiger partial charge < -0.3 is 4.90 Å². The molecule has 1 fully saturated rings. The fraction of sp³-hybridized carbons (Fsp3) is 0.538. The van der Waals surface area contributed by atoms with Gasteiger partial charge in [-0.3, -0.25) is 0 Å². The van der Waals surface area contributed by atoms with Crippen LogP contribution in [0.1, 0.15) is 18.9 Å². The predicted molar refractivity (Wildman–Crippen MR) is 65.4 cm³/mol. The highest BCUT2D eigenvalue weighted by molar-refractivity contribution is 6.31. The van der Waals surface area contributed by atoms with Crippen LogP contribution in [0.4, 0.5) is 0 Å². The first-order chi connectivity index (χ1) is 7.25. The fourth-order valence-corrected chi connectivity index (χ4v) is 2.44. The monoisotopic (exact) mass is 223 g/mol. The molecular formula is C13H18ClN. The molecule has 1 nitrogen and oxygen atoms in total. The molecular weight excluding hydrogens is 206 g/mol. The fourth-order valence-electron chi connectivity index (χ4n) is 2.21. The highest BCUT2D eigenvalue weighted by Crippen LogP contribution is 2.18. The Labute approximate surface area is 97.0 Å². The van der Waals surface area contributed by atoms with Crippen LogP contribution in [0.5, 0.6) is 0 Å². The molecule has 0 aromatic heterocycles. The molecule has 1 saturated heterocycles. The molecule has 1 aliphatic rings. The van der Waals surface area contributed by atoms with Crippen LogP contribution in [0.15, 0.2) is 24.3 Å². The molecule has 0 spiro atoms. The van der Waals surface area contributed by atoms with Gasteiger partial charge in [-0.25, -0.2) is 0 Å². The Morgan fingerprint density at radius 2 is 2.20 bits per heavy atom. The van der Waals surface area contributed by atoms with Gasteiger partial charge in [0.1, 0.15) is 0 Å². The number of rotatable bonds is 3. The summed E-state index contributed by atoms with van der Waals surface area (Å²) in [6.07, 6.45) is 2.43. The van der Waals surface area contributed by atoms with Crippen LogP contribution < -0.4 is 0 Å². The number of halogens is 1. The average molecular weight is 224 g/mol. The van der Waals surface area contributed by atoms with Crippen molar-refractivity contribution in [2.24, 2.45) is 5.92 Å². The lowest BCUT2D eigenvalue weighted by Crippen LogP contribution is -2.23. The average Bonchev–Trinajstić information content (AvgIpc) is 2.63. The Morgan fingerprint density at radius 3 is 2.87 bits per heavy atom. The Morgan fingerprint density at radius 1 is 1.40 bits per heavy atom. The quantitative estimate of drug-likeness (QED) is 0.761. The second-order valence-corrected chi connectivity index (χ2v) is 4.94. The van der Waals surface area contributed by atoms with Crippen LogP contribution in [0.25, 0.3) is 0 Å². The number of hydrogen-bond donors (Lipinski definition) is 0. The molecule has 82 valence electrons. The third-order valence-electron chi connectivity index (χ3n) is 3.16. The molecule has 0 amide bonds. The van der Waals surface area contributed by atoms with E-state index in [1.165, 1.54) is 25.1 Å². The van der Waals surface area contributed by atoms with Gasteiger partial charge in [-0.05, 0) is 36.9 Å². The smallest absolute Gasteiger partial charge is 0.0438 e. The van der Waals surface area contributed by atoms with Crippen LogP contribution >= 0.6 is 11.6 Å². The maximum Gasteiger partial charge on any atom is 0.0438 e. The van der Waals surface area contributed by atoms with E-state index in [0.717, 1.165) is 23.9 Å². The van der Waals surface area contributed by atoms with E-state index >= 15 is 0 Å². The van der Waals surface area contributed by atoms with Crippen molar-refractivity contribution >= 4 is 11.6 Å². The molecule has 1 aromatic rings. The van der Waals surface area contributed by atoms with E-state index in [2.05, 4.69) is 24.0 Å². The topological polar surface area (TPSA) is 3.24 Å². The summed E-state index contributed by atoms with van der Waals surface area (Å²) in [5.74, 6) is 0.872. The Hall–Kier alpha value is -0.530. The van der Waals surface area contributed by atoms with Crippen molar-refractivity contribution in [1.29, 1.82) is 0 Å². The minimum Gasteiger partial charge on any atom is -0.303 e. The minimum atomic E-state index is 0.872. The van der Waals surface area contributed by atoms with E-state index in [-0.39, 0.29) is 0 Å². The molecule has 0 saturated carbocycles. The molecule has 15 heavy (non-hydrogen) atoms. The summed E-state index contributed by atoms with van der Waals surface area (Å²) in [6.45, 7) is 5.99. The van der Waals surface area contributed by atoms with Gasteiger partial charge in [-0.2, -0.15) is 0 Å². The summed E-state index contributed by atoms with van der Waals surface area (Å²) < 4.78 is 0. The second kappa shape index (κ2) is 5.00. The van der Waals surface area contributed by atoms with Crippen LogP contribution in [0, 0.1) is 5.92 Å². The van der Waals surface area contributed by atoms with Crippen molar-refractivity contribution in [2.75, 3.05) is 19.6 Å². The van der Waals surface area contributed by atoms with Gasteiger partial charge >= 0.3 is 0 Å². The van der Waals surface area contributed by atoms with Crippen LogP contribution in [-0.4, -0.2) is 24.5 Å². The lowest BCUT2D eigenvalue weighted by molar-refractivity contribution is 0.332. The van der Waals surface area contributed by atoms with Crippen molar-refractivity contribution in [2.45, 2.75) is 19.8 Å². The maximum atomic E-state index is 6.12. The highest BCUT2D eigenvalue weighted by atomic mass is 35.5. The molecule has 1 heterocycles. The third kappa shape index (κ3) is 2.96. The molecule has 0 radical (unpaired) electrons. The minimum absolute atomic E-state index is 0.872. The van der Waals surface area contributed by atoms with E-state index < -0.39 is 0 Å². The zero-order valence-electron chi connectivity index (χ0n) is 9.25. The van der Waals surface area contributed by atoms with Gasteiger partial charge in [0.05, 0.1) is 0 Å². The van der Waals surface area contributed by atoms with Crippen LogP contribution in [-0.2, 0) is 6.42 Å². The van der Waals surface area contributed by atoms with Gasteiger partial charge in [0.2, 0.25) is 0 Å². The van der Waals surface area contributed by atoms with E-state index in [1.807, 2.05) is 12.1 Å². The normalized spacial score (nSPS) is 22.1. The summed E-state index contributed by atoms with van der Waals surface area (Å²) >= 11 is 6.12. The van der Waals surface area contributed by atoms with Crippen LogP contribution in [0.2, 0.25) is 5.02 Å². The second-order valence-electron chi connectivity index (χ2n) is 4.54. The van der Waals surface area contributed by atoms with Gasteiger partial charge in [0.25, 0.3) is 0 Å². The molecule has 2 rings (SSSR count). The number of likely N-dealkylation sites (tertiary alicyclic amines) is 1. The SMILES string of the molecule is CC1CCN(CCc2ccccc2Cl)C1. The van der Waals surface area contributed by atoms with Crippen molar-refractivity contribution in [3.05, 3.63) is 34.9 Å². The molecule has 2 heteroatoms. The van der Waals surface area contributed by atoms with Gasteiger partial charge in [0.15, 0.2) is 0 Å². The summed E-state index contributed by atoms with van der Waals surface area (Å²) in [4.78, 5) is 2.54.